The van der Waals surface area contributed by atoms with Crippen molar-refractivity contribution in [2.45, 2.75) is 19.3 Å². The van der Waals surface area contributed by atoms with Crippen LogP contribution in [0.4, 0.5) is 0 Å². The molecule has 11 rings (SSSR count). The molecule has 0 spiro atoms. The Morgan fingerprint density at radius 2 is 0.918 bits per heavy atom. The van der Waals surface area contributed by atoms with Gasteiger partial charge in [-0.1, -0.05) is 147 Å². The van der Waals surface area contributed by atoms with Crippen LogP contribution in [0.5, 0.6) is 0 Å². The SMILES string of the molecule is CC1(C)c2ccccc2-c2cc(-c3c4c(c(-c5ccccc5)c5cc6ccccc6cc35)-c3cccc5c3c-4cc3ccccc35)ccc21. The van der Waals surface area contributed by atoms with E-state index in [2.05, 4.69) is 172 Å². The Hall–Kier alpha value is -5.98. The monoisotopic (exact) mass is 620 g/mol. The zero-order valence-corrected chi connectivity index (χ0v) is 27.5. The van der Waals surface area contributed by atoms with Crippen molar-refractivity contribution in [3.8, 4) is 55.6 Å². The van der Waals surface area contributed by atoms with Gasteiger partial charge in [0.05, 0.1) is 0 Å². The first kappa shape index (κ1) is 27.0. The van der Waals surface area contributed by atoms with Gasteiger partial charge in [-0.25, -0.2) is 0 Å². The van der Waals surface area contributed by atoms with Gasteiger partial charge in [-0.15, -0.1) is 0 Å². The summed E-state index contributed by atoms with van der Waals surface area (Å²) in [4.78, 5) is 0. The fourth-order valence-electron chi connectivity index (χ4n) is 9.36. The van der Waals surface area contributed by atoms with Crippen molar-refractivity contribution >= 4 is 43.1 Å². The van der Waals surface area contributed by atoms with Crippen molar-refractivity contribution in [1.29, 1.82) is 0 Å². The smallest absolute Gasteiger partial charge is 0.0158 e. The largest absolute Gasteiger partial charge is 0.0622 e. The Kier molecular flexibility index (Phi) is 5.27. The van der Waals surface area contributed by atoms with E-state index in [0.29, 0.717) is 0 Å². The minimum atomic E-state index is -0.0391. The predicted octanol–water partition coefficient (Wildman–Crippen LogP) is 13.6. The van der Waals surface area contributed by atoms with Crippen LogP contribution in [0.25, 0.3) is 98.7 Å². The van der Waals surface area contributed by atoms with E-state index in [1.807, 2.05) is 0 Å². The second-order valence-electron chi connectivity index (χ2n) is 14.4. The number of fused-ring (bicyclic) bond motifs is 10. The Balaban J connectivity index is 1.37. The fraction of sp³-hybridized carbons (Fsp3) is 0.0612. The first-order chi connectivity index (χ1) is 24.1. The number of hydrogen-bond acceptors (Lipinski definition) is 0. The van der Waals surface area contributed by atoms with Crippen molar-refractivity contribution in [2.75, 3.05) is 0 Å². The third-order valence-electron chi connectivity index (χ3n) is 11.5. The van der Waals surface area contributed by atoms with Gasteiger partial charge in [0.15, 0.2) is 0 Å². The van der Waals surface area contributed by atoms with E-state index in [1.54, 1.807) is 0 Å². The molecule has 0 fully saturated rings. The first-order valence-electron chi connectivity index (χ1n) is 17.4. The Bertz CT molecular complexity index is 2890. The van der Waals surface area contributed by atoms with Crippen LogP contribution in [0.2, 0.25) is 0 Å². The van der Waals surface area contributed by atoms with E-state index in [9.17, 15) is 0 Å². The van der Waals surface area contributed by atoms with Crippen LogP contribution in [-0.4, -0.2) is 0 Å². The Morgan fingerprint density at radius 3 is 1.71 bits per heavy atom. The summed E-state index contributed by atoms with van der Waals surface area (Å²) in [5.41, 5.74) is 16.0. The van der Waals surface area contributed by atoms with Crippen LogP contribution >= 0.6 is 0 Å². The molecule has 0 aliphatic heterocycles. The standard InChI is InChI=1S/C49H32/c1-49(2)42-22-11-10-19-35(42)38-28-33(23-24-43(38)49)45-40-26-31-16-7-6-15-30(31)25-39(40)44(29-13-4-3-5-14-29)47-37-21-12-20-36-34-18-9-8-17-32(34)27-41(46(36)37)48(45)47/h3-28H,1-2H3. The molecule has 0 saturated heterocycles. The first-order valence-corrected chi connectivity index (χ1v) is 17.4. The van der Waals surface area contributed by atoms with E-state index in [1.165, 1.54) is 110 Å². The molecule has 9 aromatic carbocycles. The average molecular weight is 621 g/mol. The number of rotatable bonds is 2. The van der Waals surface area contributed by atoms with E-state index >= 15 is 0 Å². The van der Waals surface area contributed by atoms with Gasteiger partial charge in [-0.2, -0.15) is 0 Å². The molecule has 49 heavy (non-hydrogen) atoms. The van der Waals surface area contributed by atoms with E-state index in [-0.39, 0.29) is 5.41 Å². The molecule has 0 saturated carbocycles. The zero-order chi connectivity index (χ0) is 32.4. The molecule has 0 heterocycles. The second kappa shape index (κ2) is 9.56. The highest BCUT2D eigenvalue weighted by atomic mass is 14.4. The van der Waals surface area contributed by atoms with Crippen LogP contribution in [0.3, 0.4) is 0 Å². The van der Waals surface area contributed by atoms with Crippen molar-refractivity contribution in [3.63, 3.8) is 0 Å². The maximum Gasteiger partial charge on any atom is 0.0158 e. The number of hydrogen-bond donors (Lipinski definition) is 0. The molecule has 9 aromatic rings. The molecule has 0 N–H and O–H groups in total. The maximum absolute atomic E-state index is 2.50. The fourth-order valence-corrected chi connectivity index (χ4v) is 9.36. The molecule has 228 valence electrons. The third-order valence-corrected chi connectivity index (χ3v) is 11.5. The van der Waals surface area contributed by atoms with E-state index < -0.39 is 0 Å². The molecule has 2 aliphatic carbocycles. The zero-order valence-electron chi connectivity index (χ0n) is 27.5. The van der Waals surface area contributed by atoms with E-state index in [4.69, 9.17) is 0 Å². The van der Waals surface area contributed by atoms with Gasteiger partial charge >= 0.3 is 0 Å². The minimum absolute atomic E-state index is 0.0391. The van der Waals surface area contributed by atoms with Crippen LogP contribution in [0, 0.1) is 0 Å². The summed E-state index contributed by atoms with van der Waals surface area (Å²) < 4.78 is 0. The Labute approximate surface area is 285 Å². The maximum atomic E-state index is 2.50. The van der Waals surface area contributed by atoms with Gasteiger partial charge in [0.1, 0.15) is 0 Å². The third kappa shape index (κ3) is 3.53. The van der Waals surface area contributed by atoms with Crippen molar-refractivity contribution in [2.24, 2.45) is 0 Å². The molecule has 0 nitrogen and oxygen atoms in total. The molecule has 0 aromatic heterocycles. The van der Waals surface area contributed by atoms with Crippen LogP contribution in [0.15, 0.2) is 158 Å². The van der Waals surface area contributed by atoms with Gasteiger partial charge < -0.3 is 0 Å². The molecule has 0 heteroatoms. The van der Waals surface area contributed by atoms with Crippen LogP contribution in [-0.2, 0) is 5.41 Å². The summed E-state index contributed by atoms with van der Waals surface area (Å²) in [6.45, 7) is 4.74. The van der Waals surface area contributed by atoms with Gasteiger partial charge in [0, 0.05) is 5.41 Å². The predicted molar refractivity (Wildman–Crippen MR) is 209 cm³/mol. The molecule has 0 bridgehead atoms. The highest BCUT2D eigenvalue weighted by molar-refractivity contribution is 6.31. The average Bonchev–Trinajstić information content (AvgIpc) is 3.59. The molecular formula is C49H32. The summed E-state index contributed by atoms with van der Waals surface area (Å²) in [7, 11) is 0. The quantitative estimate of drug-likeness (QED) is 0.133. The summed E-state index contributed by atoms with van der Waals surface area (Å²) in [6, 6.07) is 59.4. The lowest BCUT2D eigenvalue weighted by atomic mass is 9.80. The topological polar surface area (TPSA) is 0 Å². The number of benzene rings is 9. The summed E-state index contributed by atoms with van der Waals surface area (Å²) in [6.07, 6.45) is 0. The van der Waals surface area contributed by atoms with Crippen molar-refractivity contribution in [3.05, 3.63) is 169 Å². The lowest BCUT2D eigenvalue weighted by Crippen LogP contribution is -2.14. The van der Waals surface area contributed by atoms with Gasteiger partial charge in [-0.3, -0.25) is 0 Å². The van der Waals surface area contributed by atoms with Crippen LogP contribution < -0.4 is 0 Å². The summed E-state index contributed by atoms with van der Waals surface area (Å²) in [5, 5.41) is 10.4. The minimum Gasteiger partial charge on any atom is -0.0622 e. The molecule has 0 atom stereocenters. The summed E-state index contributed by atoms with van der Waals surface area (Å²) in [5.74, 6) is 0. The van der Waals surface area contributed by atoms with Gasteiger partial charge in [0.25, 0.3) is 0 Å². The van der Waals surface area contributed by atoms with Crippen molar-refractivity contribution < 1.29 is 0 Å². The molecule has 2 aliphatic rings. The normalized spacial score (nSPS) is 13.7. The van der Waals surface area contributed by atoms with Gasteiger partial charge in [0.2, 0.25) is 0 Å². The molecule has 0 radical (unpaired) electrons. The molecule has 0 amide bonds. The van der Waals surface area contributed by atoms with Crippen LogP contribution in [0.1, 0.15) is 25.0 Å². The summed E-state index contributed by atoms with van der Waals surface area (Å²) >= 11 is 0. The lowest BCUT2D eigenvalue weighted by Gasteiger charge is -2.23. The van der Waals surface area contributed by atoms with Crippen molar-refractivity contribution in [1.82, 2.24) is 0 Å². The Morgan fingerprint density at radius 1 is 0.327 bits per heavy atom. The highest BCUT2D eigenvalue weighted by Gasteiger charge is 2.36. The highest BCUT2D eigenvalue weighted by Crippen LogP contribution is 2.59. The van der Waals surface area contributed by atoms with E-state index in [0.717, 1.165) is 0 Å². The second-order valence-corrected chi connectivity index (χ2v) is 14.4. The van der Waals surface area contributed by atoms with Gasteiger partial charge in [-0.05, 0) is 134 Å². The molecule has 0 unspecified atom stereocenters. The molecular weight excluding hydrogens is 589 g/mol. The lowest BCUT2D eigenvalue weighted by molar-refractivity contribution is 0.660.